The summed E-state index contributed by atoms with van der Waals surface area (Å²) in [5.41, 5.74) is 0. The molecule has 0 amide bonds. The van der Waals surface area contributed by atoms with Crippen LogP contribution in [0.4, 0.5) is 0 Å². The zero-order chi connectivity index (χ0) is 90.7. The molecule has 0 fully saturated rings. The number of hydrogen-bond donors (Lipinski definition) is 4. The third kappa shape index (κ3) is 98.8. The predicted octanol–water partition coefficient (Wildman–Crippen LogP) is 31.3. The fourth-order valence-corrected chi connectivity index (χ4v) is 15.0. The number of carbonyl (C=O) groups is 3. The molecular formula is C107H180O16P2. The first kappa shape index (κ1) is 119. The highest BCUT2D eigenvalue weighted by atomic mass is 31.2. The number of ether oxygens (including phenoxy) is 3. The number of esters is 3. The monoisotopic (exact) mass is 1780 g/mol. The molecule has 0 aromatic carbocycles. The maximum atomic E-state index is 13.1. The van der Waals surface area contributed by atoms with Crippen molar-refractivity contribution in [3.8, 4) is 0 Å². The number of aliphatic hydroxyl groups excluding tert-OH is 2. The van der Waals surface area contributed by atoms with E-state index in [0.29, 0.717) is 19.3 Å². The van der Waals surface area contributed by atoms with Crippen molar-refractivity contribution in [1.82, 2.24) is 0 Å². The van der Waals surface area contributed by atoms with Crippen LogP contribution in [0.2, 0.25) is 0 Å². The second-order valence-corrected chi connectivity index (χ2v) is 35.7. The summed E-state index contributed by atoms with van der Waals surface area (Å²) in [5.74, 6) is -1.57. The Bertz CT molecular complexity index is 3050. The molecule has 125 heavy (non-hydrogen) atoms. The molecule has 0 aliphatic carbocycles. The Morgan fingerprint density at radius 1 is 0.224 bits per heavy atom. The Morgan fingerprint density at radius 2 is 0.400 bits per heavy atom. The second-order valence-electron chi connectivity index (χ2n) is 32.8. The van der Waals surface area contributed by atoms with Gasteiger partial charge in [-0.15, -0.1) is 0 Å². The van der Waals surface area contributed by atoms with Gasteiger partial charge in [-0.3, -0.25) is 32.5 Å². The van der Waals surface area contributed by atoms with Crippen LogP contribution in [0.25, 0.3) is 0 Å². The molecule has 0 radical (unpaired) electrons. The van der Waals surface area contributed by atoms with Gasteiger partial charge in [0.2, 0.25) is 0 Å². The molecule has 0 aromatic heterocycles. The largest absolute Gasteiger partial charge is 0.472 e. The molecule has 0 saturated carbocycles. The first-order valence-electron chi connectivity index (χ1n) is 49.7. The molecular weight excluding hydrogens is 1600 g/mol. The number of hydrogen-bond acceptors (Lipinski definition) is 14. The van der Waals surface area contributed by atoms with E-state index in [1.807, 2.05) is 0 Å². The molecule has 16 nitrogen and oxygen atoms in total. The molecule has 0 heterocycles. The van der Waals surface area contributed by atoms with E-state index in [-0.39, 0.29) is 19.3 Å². The number of carbonyl (C=O) groups excluding carboxylic acids is 3. The Morgan fingerprint density at radius 3 is 0.632 bits per heavy atom. The summed E-state index contributed by atoms with van der Waals surface area (Å²) < 4.78 is 61.7. The summed E-state index contributed by atoms with van der Waals surface area (Å²) in [4.78, 5) is 59.2. The molecule has 4 N–H and O–H groups in total. The topological polar surface area (TPSA) is 231 Å². The summed E-state index contributed by atoms with van der Waals surface area (Å²) in [5, 5.41) is 20.8. The lowest BCUT2D eigenvalue weighted by molar-refractivity contribution is -0.161. The first-order valence-corrected chi connectivity index (χ1v) is 52.7. The zero-order valence-electron chi connectivity index (χ0n) is 79.0. The highest BCUT2D eigenvalue weighted by Crippen LogP contribution is 2.45. The minimum atomic E-state index is -4.95. The van der Waals surface area contributed by atoms with Crippen molar-refractivity contribution in [3.63, 3.8) is 0 Å². The number of allylic oxidation sites excluding steroid dienone is 32. The maximum absolute atomic E-state index is 13.1. The van der Waals surface area contributed by atoms with Gasteiger partial charge >= 0.3 is 33.6 Å². The van der Waals surface area contributed by atoms with Gasteiger partial charge in [0.05, 0.1) is 26.4 Å². The third-order valence-electron chi connectivity index (χ3n) is 20.8. The average Bonchev–Trinajstić information content (AvgIpc) is 0.897. The van der Waals surface area contributed by atoms with Gasteiger partial charge in [-0.05, 0) is 161 Å². The molecule has 0 aromatic rings. The quantitative estimate of drug-likeness (QED) is 0.0146. The van der Waals surface area contributed by atoms with E-state index in [2.05, 4.69) is 215 Å². The van der Waals surface area contributed by atoms with Crippen LogP contribution in [0.5, 0.6) is 0 Å². The average molecular weight is 1780 g/mol. The van der Waals surface area contributed by atoms with Crippen molar-refractivity contribution in [1.29, 1.82) is 0 Å². The third-order valence-corrected chi connectivity index (χ3v) is 22.7. The van der Waals surface area contributed by atoms with Gasteiger partial charge in [0, 0.05) is 19.3 Å². The number of aliphatic hydroxyl groups is 2. The number of unbranched alkanes of at least 4 members (excludes halogenated alkanes) is 38. The van der Waals surface area contributed by atoms with Crippen molar-refractivity contribution in [2.24, 2.45) is 0 Å². The van der Waals surface area contributed by atoms with Crippen LogP contribution in [-0.4, -0.2) is 95.9 Å². The van der Waals surface area contributed by atoms with E-state index in [1.54, 1.807) is 0 Å². The van der Waals surface area contributed by atoms with Crippen molar-refractivity contribution >= 4 is 33.6 Å². The number of phosphoric acid groups is 2. The van der Waals surface area contributed by atoms with Crippen molar-refractivity contribution < 1.29 is 75.8 Å². The lowest BCUT2D eigenvalue weighted by Crippen LogP contribution is -2.30. The lowest BCUT2D eigenvalue weighted by atomic mass is 10.0. The molecule has 0 aliphatic rings. The van der Waals surface area contributed by atoms with Gasteiger partial charge in [0.15, 0.2) is 6.10 Å². The molecule has 0 rings (SSSR count). The Balaban J connectivity index is 4.65. The van der Waals surface area contributed by atoms with Gasteiger partial charge < -0.3 is 34.2 Å². The fraction of sp³-hybridized carbons (Fsp3) is 0.673. The summed E-state index contributed by atoms with van der Waals surface area (Å²) in [6.07, 6.45) is 130. The summed E-state index contributed by atoms with van der Waals surface area (Å²) >= 11 is 0. The second kappa shape index (κ2) is 97.4. The van der Waals surface area contributed by atoms with E-state index >= 15 is 0 Å². The van der Waals surface area contributed by atoms with Gasteiger partial charge in [0.25, 0.3) is 0 Å². The van der Waals surface area contributed by atoms with Crippen LogP contribution in [0, 0.1) is 0 Å². The lowest BCUT2D eigenvalue weighted by Gasteiger charge is -2.21. The SMILES string of the molecule is CC/C=C\C/C=C\C/C=C\C/C=C\C/C=C\C/C=C\CCCCCCCCCCCCC(=O)OCC(COP(=O)(O)OCC(O)COP(=O)(O)OCC(O)COC(=O)CCCCCCCCCCCCCCCCC/C=C\C/C=C\C/C=C\C/C=C\C/C=C\CC)OC(=O)CCCCCCCCCCCCCCC/C=C\C/C=C\C/C=C\C/C=C\C/C=C\CC. The number of phosphoric ester groups is 2. The highest BCUT2D eigenvalue weighted by Gasteiger charge is 2.30. The standard InChI is InChI=1S/C107H180O16P2/c1-4-7-10-13-16-19-22-25-28-31-34-37-40-43-46-49-50-53-55-57-60-63-66-69-72-75-78-81-84-87-90-93-105(110)117-96-102(108)97-119-124(113,114)120-98-103(109)99-121-125(115,116)122-101-104(123-107(112)95-92-89-86-83-80-77-74-71-68-65-62-59-56-52-48-45-42-39-36-33-30-27-24-21-18-15-12-9-6-3)100-118-106(111)94-91-88-85-82-79-76-73-70-67-64-61-58-54-51-47-44-41-38-35-32-29-26-23-20-17-14-11-8-5-2/h7-12,16-21,25-30,34-39,43-48,54,58,102-104,108-109H,4-6,13-15,22-24,31-33,40-42,49-53,55-57,59-101H2,1-3H3,(H,113,114)(H,115,116)/b10-7-,11-8-,12-9-,19-16-,20-17-,21-18-,28-25-,29-26-,30-27-,37-34-,38-35-,39-36-,46-43-,47-44-,48-45-,58-54-. The predicted molar refractivity (Wildman–Crippen MR) is 528 cm³/mol. The molecule has 0 bridgehead atoms. The first-order chi connectivity index (χ1) is 61.2. The van der Waals surface area contributed by atoms with Gasteiger partial charge in [-0.1, -0.05) is 421 Å². The Hall–Kier alpha value is -5.61. The van der Waals surface area contributed by atoms with Crippen LogP contribution in [0.3, 0.4) is 0 Å². The van der Waals surface area contributed by atoms with E-state index in [9.17, 15) is 43.5 Å². The van der Waals surface area contributed by atoms with E-state index in [0.717, 1.165) is 186 Å². The highest BCUT2D eigenvalue weighted by molar-refractivity contribution is 7.47. The zero-order valence-corrected chi connectivity index (χ0v) is 80.7. The molecule has 0 spiro atoms. The van der Waals surface area contributed by atoms with E-state index in [1.165, 1.54) is 161 Å². The molecule has 0 saturated heterocycles. The normalized spacial score (nSPS) is 14.5. The molecule has 5 unspecified atom stereocenters. The fourth-order valence-electron chi connectivity index (χ4n) is 13.4. The minimum Gasteiger partial charge on any atom is -0.463 e. The maximum Gasteiger partial charge on any atom is 0.472 e. The van der Waals surface area contributed by atoms with Crippen LogP contribution in [-0.2, 0) is 55.8 Å². The van der Waals surface area contributed by atoms with Gasteiger partial charge in [-0.25, -0.2) is 9.13 Å². The summed E-state index contributed by atoms with van der Waals surface area (Å²) in [6, 6.07) is 0. The summed E-state index contributed by atoms with van der Waals surface area (Å²) in [7, 11) is -9.82. The van der Waals surface area contributed by atoms with E-state index < -0.39 is 91.5 Å². The summed E-state index contributed by atoms with van der Waals surface area (Å²) in [6.45, 7) is 2.39. The smallest absolute Gasteiger partial charge is 0.463 e. The van der Waals surface area contributed by atoms with Gasteiger partial charge in [0.1, 0.15) is 25.4 Å². The Labute approximate surface area is 763 Å². The van der Waals surface area contributed by atoms with Crippen LogP contribution in [0.1, 0.15) is 406 Å². The van der Waals surface area contributed by atoms with Crippen LogP contribution >= 0.6 is 15.6 Å². The van der Waals surface area contributed by atoms with E-state index in [4.69, 9.17) is 32.3 Å². The van der Waals surface area contributed by atoms with Gasteiger partial charge in [-0.2, -0.15) is 0 Å². The molecule has 18 heteroatoms. The van der Waals surface area contributed by atoms with Crippen molar-refractivity contribution in [3.05, 3.63) is 194 Å². The molecule has 0 aliphatic heterocycles. The number of rotatable bonds is 93. The minimum absolute atomic E-state index is 0.0965. The van der Waals surface area contributed by atoms with Crippen molar-refractivity contribution in [2.45, 2.75) is 424 Å². The molecule has 5 atom stereocenters. The Kier molecular flexibility index (Phi) is 93.1. The van der Waals surface area contributed by atoms with Crippen molar-refractivity contribution in [2.75, 3.05) is 39.6 Å². The van der Waals surface area contributed by atoms with Crippen LogP contribution in [0.15, 0.2) is 194 Å². The van der Waals surface area contributed by atoms with Crippen LogP contribution < -0.4 is 0 Å². The molecule has 714 valence electrons.